The van der Waals surface area contributed by atoms with Crippen molar-refractivity contribution in [3.8, 4) is 5.75 Å². The lowest BCUT2D eigenvalue weighted by Crippen LogP contribution is -2.44. The number of fused-ring (bicyclic) bond motifs is 1. The SMILES string of the molecule is CC(C)(C)OC(=O)N1CCC(Oc2ccccc2C2=Nc3c(cccc3C(=O)O)C2)CC1.Nc1nccs1. The van der Waals surface area contributed by atoms with Crippen molar-refractivity contribution < 1.29 is 24.2 Å². The number of nitrogen functional groups attached to an aromatic ring is 1. The fraction of sp³-hybridized carbons (Fsp3) is 0.357. The average Bonchev–Trinajstić information content (AvgIpc) is 3.53. The number of likely N-dealkylation sites (tertiary alicyclic amines) is 1. The lowest BCUT2D eigenvalue weighted by molar-refractivity contribution is 0.0126. The molecule has 1 saturated heterocycles. The Bertz CT molecular complexity index is 1310. The molecule has 3 aromatic rings. The summed E-state index contributed by atoms with van der Waals surface area (Å²) in [7, 11) is 0. The number of carboxylic acid groups (broad SMARTS) is 1. The van der Waals surface area contributed by atoms with E-state index in [1.54, 1.807) is 23.2 Å². The van der Waals surface area contributed by atoms with E-state index in [4.69, 9.17) is 15.2 Å². The Kier molecular flexibility index (Phi) is 8.31. The number of para-hydroxylation sites is 2. The summed E-state index contributed by atoms with van der Waals surface area (Å²) >= 11 is 1.44. The van der Waals surface area contributed by atoms with Crippen LogP contribution in [0.3, 0.4) is 0 Å². The lowest BCUT2D eigenvalue weighted by Gasteiger charge is -2.33. The van der Waals surface area contributed by atoms with E-state index in [0.29, 0.717) is 43.2 Å². The Hall–Kier alpha value is -3.92. The van der Waals surface area contributed by atoms with Gasteiger partial charge in [0.05, 0.1) is 17.0 Å². The standard InChI is InChI=1S/C25H28N2O5.C3H4N2S/c1-25(2,3)32-24(30)27-13-11-17(12-14-27)31-21-10-5-4-8-18(21)20-15-16-7-6-9-19(23(28)29)22(16)26-20;4-3-5-1-2-6-3/h4-10,17H,11-15H2,1-3H3,(H,28,29);1-2H,(H2,4,5). The van der Waals surface area contributed by atoms with Crippen molar-refractivity contribution in [3.05, 3.63) is 70.7 Å². The van der Waals surface area contributed by atoms with Crippen LogP contribution in [0.15, 0.2) is 59.0 Å². The van der Waals surface area contributed by atoms with Crippen LogP contribution in [0.2, 0.25) is 0 Å². The molecular formula is C28H32N4O5S. The maximum atomic E-state index is 12.3. The van der Waals surface area contributed by atoms with Crippen LogP contribution in [0.5, 0.6) is 5.75 Å². The van der Waals surface area contributed by atoms with Gasteiger partial charge in [0.25, 0.3) is 0 Å². The van der Waals surface area contributed by atoms with Crippen molar-refractivity contribution in [1.29, 1.82) is 0 Å². The summed E-state index contributed by atoms with van der Waals surface area (Å²) in [6, 6.07) is 13.0. The molecule has 38 heavy (non-hydrogen) atoms. The molecule has 0 saturated carbocycles. The number of rotatable bonds is 4. The van der Waals surface area contributed by atoms with E-state index in [1.165, 1.54) is 11.3 Å². The zero-order valence-electron chi connectivity index (χ0n) is 21.7. The van der Waals surface area contributed by atoms with E-state index >= 15 is 0 Å². The quantitative estimate of drug-likeness (QED) is 0.446. The minimum atomic E-state index is -0.979. The summed E-state index contributed by atoms with van der Waals surface area (Å²) < 4.78 is 11.8. The van der Waals surface area contributed by atoms with Crippen molar-refractivity contribution in [2.75, 3.05) is 18.8 Å². The molecule has 1 aromatic heterocycles. The van der Waals surface area contributed by atoms with Gasteiger partial charge in [-0.25, -0.2) is 14.6 Å². The second kappa shape index (κ2) is 11.6. The number of nitrogens with zero attached hydrogens (tertiary/aromatic N) is 3. The van der Waals surface area contributed by atoms with Gasteiger partial charge < -0.3 is 25.2 Å². The number of amides is 1. The second-order valence-electron chi connectivity index (χ2n) is 10.0. The fourth-order valence-corrected chi connectivity index (χ4v) is 4.64. The van der Waals surface area contributed by atoms with Crippen molar-refractivity contribution in [2.45, 2.75) is 51.7 Å². The van der Waals surface area contributed by atoms with E-state index in [-0.39, 0.29) is 17.8 Å². The highest BCUT2D eigenvalue weighted by molar-refractivity contribution is 7.13. The van der Waals surface area contributed by atoms with Gasteiger partial charge in [0.2, 0.25) is 0 Å². The lowest BCUT2D eigenvalue weighted by atomic mass is 10.0. The number of piperidine rings is 1. The van der Waals surface area contributed by atoms with Crippen LogP contribution in [0.1, 0.15) is 55.1 Å². The van der Waals surface area contributed by atoms with Gasteiger partial charge in [-0.1, -0.05) is 24.3 Å². The third-order valence-corrected chi connectivity index (χ3v) is 6.60. The average molecular weight is 537 g/mol. The molecule has 1 amide bonds. The van der Waals surface area contributed by atoms with E-state index in [9.17, 15) is 14.7 Å². The molecule has 9 nitrogen and oxygen atoms in total. The molecule has 5 rings (SSSR count). The number of nitrogens with two attached hydrogens (primary N) is 1. The molecule has 3 N–H and O–H groups in total. The molecule has 10 heteroatoms. The van der Waals surface area contributed by atoms with E-state index in [0.717, 1.165) is 22.6 Å². The van der Waals surface area contributed by atoms with Gasteiger partial charge >= 0.3 is 12.1 Å². The first-order valence-electron chi connectivity index (χ1n) is 12.4. The maximum absolute atomic E-state index is 12.3. The van der Waals surface area contributed by atoms with Gasteiger partial charge in [0, 0.05) is 49.5 Å². The monoisotopic (exact) mass is 536 g/mol. The van der Waals surface area contributed by atoms with Gasteiger partial charge in [-0.15, -0.1) is 11.3 Å². The zero-order chi connectivity index (χ0) is 27.3. The molecular weight excluding hydrogens is 504 g/mol. The third kappa shape index (κ3) is 6.89. The normalized spacial score (nSPS) is 15.1. The summed E-state index contributed by atoms with van der Waals surface area (Å²) in [5.41, 5.74) is 7.99. The highest BCUT2D eigenvalue weighted by Crippen LogP contribution is 2.35. The molecule has 0 spiro atoms. The number of carbonyl (C=O) groups is 2. The molecule has 3 heterocycles. The Labute approximate surface area is 225 Å². The van der Waals surface area contributed by atoms with Gasteiger partial charge in [-0.3, -0.25) is 4.99 Å². The number of aromatic nitrogens is 1. The van der Waals surface area contributed by atoms with E-state index < -0.39 is 11.6 Å². The number of ether oxygens (including phenoxy) is 2. The molecule has 0 radical (unpaired) electrons. The summed E-state index contributed by atoms with van der Waals surface area (Å²) in [6.45, 7) is 6.75. The first-order valence-corrected chi connectivity index (χ1v) is 13.3. The Morgan fingerprint density at radius 3 is 2.45 bits per heavy atom. The first kappa shape index (κ1) is 27.1. The van der Waals surface area contributed by atoms with Crippen LogP contribution in [-0.4, -0.2) is 57.6 Å². The zero-order valence-corrected chi connectivity index (χ0v) is 22.5. The van der Waals surface area contributed by atoms with Crippen molar-refractivity contribution >= 4 is 39.9 Å². The largest absolute Gasteiger partial charge is 0.490 e. The number of aromatic carboxylic acids is 1. The number of carbonyl (C=O) groups excluding carboxylic acids is 1. The number of anilines is 1. The van der Waals surface area contributed by atoms with Crippen LogP contribution in [0.4, 0.5) is 15.6 Å². The molecule has 2 aliphatic heterocycles. The van der Waals surface area contributed by atoms with Crippen molar-refractivity contribution in [2.24, 2.45) is 4.99 Å². The van der Waals surface area contributed by atoms with Gasteiger partial charge in [0.1, 0.15) is 17.5 Å². The van der Waals surface area contributed by atoms with Gasteiger partial charge in [-0.2, -0.15) is 0 Å². The topological polar surface area (TPSA) is 127 Å². The van der Waals surface area contributed by atoms with Gasteiger partial charge in [-0.05, 0) is 44.5 Å². The molecule has 2 aromatic carbocycles. The molecule has 0 unspecified atom stereocenters. The number of carboxylic acids is 1. The number of thiazole rings is 1. The Morgan fingerprint density at radius 2 is 1.84 bits per heavy atom. The number of hydrogen-bond acceptors (Lipinski definition) is 8. The predicted molar refractivity (Wildman–Crippen MR) is 148 cm³/mol. The van der Waals surface area contributed by atoms with Crippen LogP contribution in [-0.2, 0) is 11.2 Å². The second-order valence-corrected chi connectivity index (χ2v) is 10.9. The molecule has 200 valence electrons. The summed E-state index contributed by atoms with van der Waals surface area (Å²) in [6.07, 6.45) is 3.36. The molecule has 1 fully saturated rings. The molecule has 2 aliphatic rings. The fourth-order valence-electron chi connectivity index (χ4n) is 4.25. The van der Waals surface area contributed by atoms with Crippen LogP contribution >= 0.6 is 11.3 Å². The minimum Gasteiger partial charge on any atom is -0.490 e. The third-order valence-electron chi connectivity index (χ3n) is 5.99. The summed E-state index contributed by atoms with van der Waals surface area (Å²) in [5.74, 6) is -0.250. The van der Waals surface area contributed by atoms with Crippen LogP contribution in [0, 0.1) is 0 Å². The Morgan fingerprint density at radius 1 is 1.11 bits per heavy atom. The van der Waals surface area contributed by atoms with Crippen molar-refractivity contribution in [1.82, 2.24) is 9.88 Å². The highest BCUT2D eigenvalue weighted by atomic mass is 32.1. The maximum Gasteiger partial charge on any atom is 0.410 e. The number of hydrogen-bond donors (Lipinski definition) is 2. The van der Waals surface area contributed by atoms with Crippen LogP contribution < -0.4 is 10.5 Å². The summed E-state index contributed by atoms with van der Waals surface area (Å²) in [5, 5.41) is 11.9. The van der Waals surface area contributed by atoms with Crippen LogP contribution in [0.25, 0.3) is 0 Å². The smallest absolute Gasteiger partial charge is 0.410 e. The number of aliphatic imine (C=N–C) groups is 1. The Balaban J connectivity index is 0.000000494. The molecule has 0 aliphatic carbocycles. The predicted octanol–water partition coefficient (Wildman–Crippen LogP) is 5.57. The van der Waals surface area contributed by atoms with E-state index in [1.807, 2.05) is 56.5 Å². The van der Waals surface area contributed by atoms with Gasteiger partial charge in [0.15, 0.2) is 5.13 Å². The number of benzene rings is 2. The molecule has 0 bridgehead atoms. The van der Waals surface area contributed by atoms with Crippen molar-refractivity contribution in [3.63, 3.8) is 0 Å². The first-order chi connectivity index (χ1) is 18.1. The molecule has 0 atom stereocenters. The minimum absolute atomic E-state index is 0.0196. The highest BCUT2D eigenvalue weighted by Gasteiger charge is 2.29. The summed E-state index contributed by atoms with van der Waals surface area (Å²) in [4.78, 5) is 33.9. The van der Waals surface area contributed by atoms with E-state index in [2.05, 4.69) is 9.98 Å².